The Morgan fingerprint density at radius 3 is 2.28 bits per heavy atom. The van der Waals surface area contributed by atoms with Crippen LogP contribution in [0.3, 0.4) is 0 Å². The molecule has 4 heteroatoms. The molecule has 1 saturated carbocycles. The minimum absolute atomic E-state index is 0.239. The van der Waals surface area contributed by atoms with Gasteiger partial charge in [0.1, 0.15) is 11.1 Å². The maximum atomic E-state index is 12.4. The van der Waals surface area contributed by atoms with Gasteiger partial charge in [-0.1, -0.05) is 19.3 Å². The average Bonchev–Trinajstić information content (AvgIpc) is 2.27. The second kappa shape index (κ2) is 5.83. The first-order valence-electron chi connectivity index (χ1n) is 6.68. The standard InChI is InChI=1S/C14H24NO3/c1-11(10-16)15-14(8-6-5-7-9-14)12(17)18-13(2,3)4/h11,15H,5-9H2,1-4H3. The van der Waals surface area contributed by atoms with Crippen molar-refractivity contribution in [3.63, 3.8) is 0 Å². The Morgan fingerprint density at radius 2 is 1.83 bits per heavy atom. The molecule has 0 amide bonds. The maximum absolute atomic E-state index is 12.4. The zero-order valence-electron chi connectivity index (χ0n) is 11.8. The van der Waals surface area contributed by atoms with E-state index in [2.05, 4.69) is 5.32 Å². The minimum Gasteiger partial charge on any atom is -0.459 e. The van der Waals surface area contributed by atoms with Gasteiger partial charge in [-0.25, -0.2) is 0 Å². The number of esters is 1. The Bertz CT molecular complexity index is 301. The van der Waals surface area contributed by atoms with Crippen LogP contribution in [-0.2, 0) is 14.3 Å². The molecule has 0 spiro atoms. The van der Waals surface area contributed by atoms with E-state index in [1.807, 2.05) is 27.1 Å². The molecule has 1 atom stereocenters. The lowest BCUT2D eigenvalue weighted by molar-refractivity contribution is -0.165. The highest BCUT2D eigenvalue weighted by atomic mass is 16.6. The topological polar surface area (TPSA) is 55.4 Å². The third kappa shape index (κ3) is 4.09. The number of carbonyl (C=O) groups is 1. The number of ether oxygens (including phenoxy) is 1. The maximum Gasteiger partial charge on any atom is 0.326 e. The molecule has 0 aromatic rings. The number of rotatable bonds is 4. The van der Waals surface area contributed by atoms with Gasteiger partial charge in [0.25, 0.3) is 0 Å². The number of hydrogen-bond acceptors (Lipinski definition) is 4. The van der Waals surface area contributed by atoms with E-state index in [9.17, 15) is 9.59 Å². The Kier molecular flexibility index (Phi) is 4.91. The molecule has 0 bridgehead atoms. The van der Waals surface area contributed by atoms with Crippen molar-refractivity contribution in [2.45, 2.75) is 77.0 Å². The molecule has 1 rings (SSSR count). The van der Waals surface area contributed by atoms with Gasteiger partial charge in [-0.3, -0.25) is 14.9 Å². The SMILES string of the molecule is CC([C]=O)NC1(C(=O)OC(C)(C)C)CCCCC1. The lowest BCUT2D eigenvalue weighted by Crippen LogP contribution is -2.58. The first kappa shape index (κ1) is 15.2. The lowest BCUT2D eigenvalue weighted by Gasteiger charge is -2.38. The Morgan fingerprint density at radius 1 is 1.28 bits per heavy atom. The van der Waals surface area contributed by atoms with Gasteiger partial charge >= 0.3 is 5.97 Å². The van der Waals surface area contributed by atoms with Crippen molar-refractivity contribution in [1.82, 2.24) is 5.32 Å². The fourth-order valence-corrected chi connectivity index (χ4v) is 2.38. The minimum atomic E-state index is -0.706. The van der Waals surface area contributed by atoms with E-state index < -0.39 is 17.2 Å². The highest BCUT2D eigenvalue weighted by Gasteiger charge is 2.43. The summed E-state index contributed by atoms with van der Waals surface area (Å²) in [6, 6.07) is -0.449. The highest BCUT2D eigenvalue weighted by molar-refractivity contribution is 5.82. The third-order valence-electron chi connectivity index (χ3n) is 3.17. The molecule has 0 aromatic carbocycles. The van der Waals surface area contributed by atoms with Crippen LogP contribution in [0.4, 0.5) is 0 Å². The molecular weight excluding hydrogens is 230 g/mol. The number of hydrogen-bond donors (Lipinski definition) is 1. The van der Waals surface area contributed by atoms with Crippen LogP contribution in [-0.4, -0.2) is 29.4 Å². The number of carbonyl (C=O) groups excluding carboxylic acids is 2. The van der Waals surface area contributed by atoms with Crippen LogP contribution in [0.5, 0.6) is 0 Å². The first-order valence-corrected chi connectivity index (χ1v) is 6.68. The lowest BCUT2D eigenvalue weighted by atomic mass is 9.81. The summed E-state index contributed by atoms with van der Waals surface area (Å²) < 4.78 is 5.49. The monoisotopic (exact) mass is 254 g/mol. The van der Waals surface area contributed by atoms with Crippen LogP contribution in [0, 0.1) is 0 Å². The van der Waals surface area contributed by atoms with Crippen molar-refractivity contribution < 1.29 is 14.3 Å². The summed E-state index contributed by atoms with van der Waals surface area (Å²) in [5.74, 6) is -0.239. The van der Waals surface area contributed by atoms with Crippen molar-refractivity contribution in [1.29, 1.82) is 0 Å². The molecule has 1 aliphatic rings. The van der Waals surface area contributed by atoms with Gasteiger partial charge < -0.3 is 4.74 Å². The van der Waals surface area contributed by atoms with E-state index in [0.717, 1.165) is 32.1 Å². The van der Waals surface area contributed by atoms with Crippen molar-refractivity contribution in [3.05, 3.63) is 0 Å². The Hall–Kier alpha value is -0.900. The van der Waals surface area contributed by atoms with Gasteiger partial charge in [0.05, 0.1) is 6.04 Å². The van der Waals surface area contributed by atoms with Crippen molar-refractivity contribution in [3.8, 4) is 0 Å². The molecular formula is C14H24NO3. The summed E-state index contributed by atoms with van der Waals surface area (Å²) in [7, 11) is 0. The molecule has 1 radical (unpaired) electrons. The average molecular weight is 254 g/mol. The Labute approximate surface area is 109 Å². The van der Waals surface area contributed by atoms with Gasteiger partial charge in [0, 0.05) is 0 Å². The van der Waals surface area contributed by atoms with Gasteiger partial charge in [0.15, 0.2) is 0 Å². The third-order valence-corrected chi connectivity index (χ3v) is 3.17. The van der Waals surface area contributed by atoms with Gasteiger partial charge in [-0.15, -0.1) is 0 Å². The summed E-state index contributed by atoms with van der Waals surface area (Å²) in [5, 5.41) is 3.11. The summed E-state index contributed by atoms with van der Waals surface area (Å²) in [6.07, 6.45) is 6.44. The van der Waals surface area contributed by atoms with E-state index in [-0.39, 0.29) is 5.97 Å². The molecule has 0 saturated heterocycles. The second-order valence-electron chi connectivity index (χ2n) is 6.13. The van der Waals surface area contributed by atoms with Crippen LogP contribution >= 0.6 is 0 Å². The van der Waals surface area contributed by atoms with Crippen molar-refractivity contribution >= 4 is 12.3 Å². The molecule has 1 N–H and O–H groups in total. The van der Waals surface area contributed by atoms with Gasteiger partial charge in [0.2, 0.25) is 6.29 Å². The summed E-state index contributed by atoms with van der Waals surface area (Å²) in [6.45, 7) is 7.29. The molecule has 1 unspecified atom stereocenters. The Balaban J connectivity index is 2.82. The van der Waals surface area contributed by atoms with Crippen LogP contribution < -0.4 is 5.32 Å². The van der Waals surface area contributed by atoms with Crippen LogP contribution in [0.25, 0.3) is 0 Å². The second-order valence-corrected chi connectivity index (χ2v) is 6.13. The molecule has 0 aromatic heterocycles. The zero-order chi connectivity index (χ0) is 13.8. The molecule has 1 fully saturated rings. The molecule has 1 aliphatic carbocycles. The van der Waals surface area contributed by atoms with E-state index >= 15 is 0 Å². The highest BCUT2D eigenvalue weighted by Crippen LogP contribution is 2.31. The van der Waals surface area contributed by atoms with E-state index in [1.54, 1.807) is 6.92 Å². The van der Waals surface area contributed by atoms with Gasteiger partial charge in [-0.05, 0) is 40.5 Å². The normalized spacial score (nSPS) is 21.1. The predicted octanol–water partition coefficient (Wildman–Crippen LogP) is 2.12. The summed E-state index contributed by atoms with van der Waals surface area (Å²) >= 11 is 0. The zero-order valence-corrected chi connectivity index (χ0v) is 11.8. The van der Waals surface area contributed by atoms with Gasteiger partial charge in [-0.2, -0.15) is 0 Å². The van der Waals surface area contributed by atoms with Crippen LogP contribution in [0.15, 0.2) is 0 Å². The predicted molar refractivity (Wildman–Crippen MR) is 70.0 cm³/mol. The fourth-order valence-electron chi connectivity index (χ4n) is 2.38. The largest absolute Gasteiger partial charge is 0.459 e. The fraction of sp³-hybridized carbons (Fsp3) is 0.857. The summed E-state index contributed by atoms with van der Waals surface area (Å²) in [4.78, 5) is 23.1. The van der Waals surface area contributed by atoms with E-state index in [0.29, 0.717) is 0 Å². The van der Waals surface area contributed by atoms with E-state index in [1.165, 1.54) is 0 Å². The van der Waals surface area contributed by atoms with Crippen LogP contribution in [0.2, 0.25) is 0 Å². The molecule has 18 heavy (non-hydrogen) atoms. The molecule has 4 nitrogen and oxygen atoms in total. The van der Waals surface area contributed by atoms with Crippen LogP contribution in [0.1, 0.15) is 59.8 Å². The quantitative estimate of drug-likeness (QED) is 0.781. The van der Waals surface area contributed by atoms with Crippen molar-refractivity contribution in [2.24, 2.45) is 0 Å². The number of nitrogens with one attached hydrogen (secondary N) is 1. The smallest absolute Gasteiger partial charge is 0.326 e. The molecule has 103 valence electrons. The summed E-state index contributed by atoms with van der Waals surface area (Å²) in [5.41, 5.74) is -1.21. The van der Waals surface area contributed by atoms with Crippen molar-refractivity contribution in [2.75, 3.05) is 0 Å². The molecule has 0 aliphatic heterocycles. The molecule has 0 heterocycles. The van der Waals surface area contributed by atoms with E-state index in [4.69, 9.17) is 4.74 Å². The first-order chi connectivity index (χ1) is 8.29.